The number of nitrogens with one attached hydrogen (secondary N) is 1. The second-order valence-corrected chi connectivity index (χ2v) is 7.85. The summed E-state index contributed by atoms with van der Waals surface area (Å²) in [6.07, 6.45) is 1.77. The molecule has 1 atom stereocenters. The Hall–Kier alpha value is -3.01. The first-order chi connectivity index (χ1) is 14.0. The van der Waals surface area contributed by atoms with Gasteiger partial charge >= 0.3 is 0 Å². The van der Waals surface area contributed by atoms with Gasteiger partial charge in [0.2, 0.25) is 5.91 Å². The second-order valence-electron chi connectivity index (χ2n) is 7.09. The Kier molecular flexibility index (Phi) is 5.43. The zero-order valence-electron chi connectivity index (χ0n) is 16.2. The second kappa shape index (κ2) is 8.16. The molecule has 1 N–H and O–H groups in total. The molecule has 4 rings (SSSR count). The third-order valence-electron chi connectivity index (χ3n) is 4.89. The maximum Gasteiger partial charge on any atom is 0.287 e. The van der Waals surface area contributed by atoms with E-state index in [0.29, 0.717) is 24.6 Å². The Labute approximate surface area is 171 Å². The Morgan fingerprint density at radius 3 is 2.93 bits per heavy atom. The summed E-state index contributed by atoms with van der Waals surface area (Å²) < 4.78 is 14.7. The molecule has 152 valence electrons. The molecule has 0 bridgehead atoms. The average Bonchev–Trinajstić information content (AvgIpc) is 3.46. The molecule has 0 aliphatic carbocycles. The largest absolute Gasteiger partial charge is 0.456 e. The zero-order chi connectivity index (χ0) is 20.4. The summed E-state index contributed by atoms with van der Waals surface area (Å²) in [5, 5.41) is 10.9. The fraction of sp³-hybridized carbons (Fsp3) is 0.421. The van der Waals surface area contributed by atoms with E-state index in [1.54, 1.807) is 24.0 Å². The van der Waals surface area contributed by atoms with Crippen molar-refractivity contribution in [2.24, 2.45) is 0 Å². The minimum Gasteiger partial charge on any atom is -0.456 e. The quantitative estimate of drug-likeness (QED) is 0.681. The van der Waals surface area contributed by atoms with E-state index in [-0.39, 0.29) is 24.1 Å². The van der Waals surface area contributed by atoms with Gasteiger partial charge < -0.3 is 19.2 Å². The van der Waals surface area contributed by atoms with Crippen LogP contribution in [0.15, 0.2) is 27.1 Å². The van der Waals surface area contributed by atoms with Crippen molar-refractivity contribution in [3.05, 3.63) is 41.1 Å². The van der Waals surface area contributed by atoms with Crippen molar-refractivity contribution < 1.29 is 18.5 Å². The van der Waals surface area contributed by atoms with Crippen molar-refractivity contribution in [3.8, 4) is 10.6 Å². The van der Waals surface area contributed by atoms with E-state index >= 15 is 0 Å². The molecular weight excluding hydrogens is 394 g/mol. The number of piperidine rings is 1. The number of furan rings is 1. The summed E-state index contributed by atoms with van der Waals surface area (Å²) in [6, 6.07) is 5.16. The average molecular weight is 415 g/mol. The molecule has 0 aromatic carbocycles. The molecule has 29 heavy (non-hydrogen) atoms. The van der Waals surface area contributed by atoms with Gasteiger partial charge in [-0.15, -0.1) is 5.10 Å². The van der Waals surface area contributed by atoms with Crippen LogP contribution in [0.4, 0.5) is 0 Å². The number of nitrogens with zero attached hydrogens (tertiary/aromatic N) is 4. The van der Waals surface area contributed by atoms with E-state index in [2.05, 4.69) is 20.1 Å². The molecule has 0 radical (unpaired) electrons. The lowest BCUT2D eigenvalue weighted by atomic mass is 9.93. The fourth-order valence-electron chi connectivity index (χ4n) is 3.44. The van der Waals surface area contributed by atoms with Crippen LogP contribution in [-0.4, -0.2) is 51.1 Å². The van der Waals surface area contributed by atoms with Crippen molar-refractivity contribution in [2.75, 3.05) is 19.6 Å². The maximum atomic E-state index is 12.6. The molecule has 1 fully saturated rings. The van der Waals surface area contributed by atoms with E-state index in [1.165, 1.54) is 11.5 Å². The van der Waals surface area contributed by atoms with Crippen molar-refractivity contribution >= 4 is 23.3 Å². The minimum atomic E-state index is -0.397. The summed E-state index contributed by atoms with van der Waals surface area (Å²) in [7, 11) is 0. The van der Waals surface area contributed by atoms with Crippen LogP contribution in [0.2, 0.25) is 0 Å². The third-order valence-corrected chi connectivity index (χ3v) is 5.65. The monoisotopic (exact) mass is 415 g/mol. The van der Waals surface area contributed by atoms with Crippen LogP contribution in [0.1, 0.15) is 46.5 Å². The summed E-state index contributed by atoms with van der Waals surface area (Å²) >= 11 is 1.27. The van der Waals surface area contributed by atoms with Crippen LogP contribution >= 0.6 is 11.5 Å². The van der Waals surface area contributed by atoms with Crippen molar-refractivity contribution in [1.29, 1.82) is 0 Å². The molecule has 3 aromatic rings. The predicted molar refractivity (Wildman–Crippen MR) is 104 cm³/mol. The lowest BCUT2D eigenvalue weighted by Crippen LogP contribution is -2.44. The van der Waals surface area contributed by atoms with Gasteiger partial charge in [0.15, 0.2) is 11.5 Å². The summed E-state index contributed by atoms with van der Waals surface area (Å²) in [5.41, 5.74) is 1.63. The predicted octanol–water partition coefficient (Wildman–Crippen LogP) is 2.54. The van der Waals surface area contributed by atoms with Gasteiger partial charge in [0.05, 0.1) is 17.9 Å². The van der Waals surface area contributed by atoms with Crippen molar-refractivity contribution in [2.45, 2.75) is 32.6 Å². The molecule has 10 heteroatoms. The molecule has 1 saturated heterocycles. The van der Waals surface area contributed by atoms with Crippen LogP contribution in [0.5, 0.6) is 0 Å². The topological polar surface area (TPSA) is 114 Å². The highest BCUT2D eigenvalue weighted by atomic mass is 32.1. The van der Waals surface area contributed by atoms with Gasteiger partial charge in [-0.3, -0.25) is 9.59 Å². The molecule has 4 heterocycles. The molecule has 2 amide bonds. The standard InChI is InChI=1S/C19H21N5O4S/c1-11-8-15(28-22-11)18-17(21-23-29-18)13-4-3-7-24(10-13)16(25)9-20-19(26)14-6-5-12(2)27-14/h5-6,8,13H,3-4,7,9-10H2,1-2H3,(H,20,26). The normalized spacial score (nSPS) is 16.8. The van der Waals surface area contributed by atoms with Crippen LogP contribution in [-0.2, 0) is 4.79 Å². The van der Waals surface area contributed by atoms with Crippen LogP contribution in [0, 0.1) is 13.8 Å². The molecule has 0 saturated carbocycles. The van der Waals surface area contributed by atoms with E-state index in [4.69, 9.17) is 8.94 Å². The number of hydrogen-bond acceptors (Lipinski definition) is 8. The highest BCUT2D eigenvalue weighted by Crippen LogP contribution is 2.35. The Morgan fingerprint density at radius 1 is 1.34 bits per heavy atom. The van der Waals surface area contributed by atoms with Crippen molar-refractivity contribution in [1.82, 2.24) is 25.0 Å². The summed E-state index contributed by atoms with van der Waals surface area (Å²) in [5.74, 6) is 1.04. The van der Waals surface area contributed by atoms with Gasteiger partial charge in [-0.05, 0) is 50.4 Å². The Morgan fingerprint density at radius 2 is 2.21 bits per heavy atom. The fourth-order valence-corrected chi connectivity index (χ4v) is 4.14. The lowest BCUT2D eigenvalue weighted by molar-refractivity contribution is -0.131. The van der Waals surface area contributed by atoms with Crippen LogP contribution < -0.4 is 5.32 Å². The molecule has 1 aliphatic rings. The number of rotatable bonds is 5. The van der Waals surface area contributed by atoms with Gasteiger partial charge in [0.25, 0.3) is 5.91 Å². The van der Waals surface area contributed by atoms with Crippen LogP contribution in [0.3, 0.4) is 0 Å². The zero-order valence-corrected chi connectivity index (χ0v) is 17.0. The van der Waals surface area contributed by atoms with Gasteiger partial charge in [-0.2, -0.15) is 0 Å². The number of carbonyl (C=O) groups is 2. The molecular formula is C19H21N5O4S. The van der Waals surface area contributed by atoms with Gasteiger partial charge in [0, 0.05) is 25.1 Å². The number of carbonyl (C=O) groups excluding carboxylic acids is 2. The minimum absolute atomic E-state index is 0.0651. The number of amides is 2. The Bertz CT molecular complexity index is 1020. The van der Waals surface area contributed by atoms with Crippen molar-refractivity contribution in [3.63, 3.8) is 0 Å². The third kappa shape index (κ3) is 4.21. The van der Waals surface area contributed by atoms with E-state index < -0.39 is 5.91 Å². The Balaban J connectivity index is 1.39. The molecule has 9 nitrogen and oxygen atoms in total. The van der Waals surface area contributed by atoms with Gasteiger partial charge in [0.1, 0.15) is 10.6 Å². The summed E-state index contributed by atoms with van der Waals surface area (Å²) in [4.78, 5) is 27.3. The lowest BCUT2D eigenvalue weighted by Gasteiger charge is -2.32. The SMILES string of the molecule is Cc1cc(-c2snnc2C2CCCN(C(=O)CNC(=O)c3ccc(C)o3)C2)on1. The molecule has 3 aromatic heterocycles. The highest BCUT2D eigenvalue weighted by molar-refractivity contribution is 7.09. The number of hydrogen-bond donors (Lipinski definition) is 1. The van der Waals surface area contributed by atoms with E-state index in [0.717, 1.165) is 29.1 Å². The first-order valence-electron chi connectivity index (χ1n) is 9.39. The van der Waals surface area contributed by atoms with Gasteiger partial charge in [-0.25, -0.2) is 0 Å². The molecule has 0 spiro atoms. The summed E-state index contributed by atoms with van der Waals surface area (Å²) in [6.45, 7) is 4.73. The molecule has 1 unspecified atom stereocenters. The van der Waals surface area contributed by atoms with E-state index in [1.807, 2.05) is 13.0 Å². The molecule has 1 aliphatic heterocycles. The first-order valence-corrected chi connectivity index (χ1v) is 10.2. The number of aromatic nitrogens is 3. The first kappa shape index (κ1) is 19.3. The highest BCUT2D eigenvalue weighted by Gasteiger charge is 2.30. The van der Waals surface area contributed by atoms with Gasteiger partial charge in [-0.1, -0.05) is 9.64 Å². The maximum absolute atomic E-state index is 12.6. The van der Waals surface area contributed by atoms with E-state index in [9.17, 15) is 9.59 Å². The number of aryl methyl sites for hydroxylation is 2. The van der Waals surface area contributed by atoms with Crippen LogP contribution in [0.25, 0.3) is 10.6 Å². The number of likely N-dealkylation sites (tertiary alicyclic amines) is 1. The smallest absolute Gasteiger partial charge is 0.287 e.